The van der Waals surface area contributed by atoms with Gasteiger partial charge in [0.2, 0.25) is 0 Å². The Morgan fingerprint density at radius 3 is 1.64 bits per heavy atom. The summed E-state index contributed by atoms with van der Waals surface area (Å²) in [4.78, 5) is 0. The van der Waals surface area contributed by atoms with E-state index in [0.29, 0.717) is 0 Å². The zero-order valence-corrected chi connectivity index (χ0v) is 8.45. The molecule has 5 rings (SSSR count). The van der Waals surface area contributed by atoms with Crippen LogP contribution in [0.1, 0.15) is 48.6 Å². The van der Waals surface area contributed by atoms with Crippen molar-refractivity contribution < 1.29 is 0 Å². The summed E-state index contributed by atoms with van der Waals surface area (Å²) in [6, 6.07) is 9.24. The third kappa shape index (κ3) is 0.724. The molecule has 0 N–H and O–H groups in total. The van der Waals surface area contributed by atoms with Crippen LogP contribution in [0.4, 0.5) is 0 Å². The fourth-order valence-corrected chi connectivity index (χ4v) is 4.30. The predicted octanol–water partition coefficient (Wildman–Crippen LogP) is 3.69. The van der Waals surface area contributed by atoms with Gasteiger partial charge in [-0.25, -0.2) is 0 Å². The van der Waals surface area contributed by atoms with Crippen LogP contribution in [0.15, 0.2) is 24.3 Å². The highest BCUT2D eigenvalue weighted by Gasteiger charge is 2.50. The molecule has 4 atom stereocenters. The second-order valence-corrected chi connectivity index (χ2v) is 5.32. The molecule has 4 aliphatic rings. The van der Waals surface area contributed by atoms with E-state index < -0.39 is 0 Å². The minimum absolute atomic E-state index is 0.940. The SMILES string of the molecule is c1ccc2c(c1)[C@@H]1CC[C@@H]2[C@H]2CC[C@@H]21. The van der Waals surface area contributed by atoms with Gasteiger partial charge in [-0.15, -0.1) is 0 Å². The van der Waals surface area contributed by atoms with Crippen molar-refractivity contribution in [1.29, 1.82) is 0 Å². The summed E-state index contributed by atoms with van der Waals surface area (Å²) < 4.78 is 0. The van der Waals surface area contributed by atoms with E-state index in [1.165, 1.54) is 25.7 Å². The Labute approximate surface area is 85.3 Å². The molecule has 0 aliphatic heterocycles. The van der Waals surface area contributed by atoms with E-state index in [1.54, 1.807) is 11.1 Å². The van der Waals surface area contributed by atoms with Gasteiger partial charge in [-0.1, -0.05) is 24.3 Å². The zero-order valence-electron chi connectivity index (χ0n) is 8.45. The highest BCUT2D eigenvalue weighted by molar-refractivity contribution is 5.41. The van der Waals surface area contributed by atoms with Crippen molar-refractivity contribution in [2.45, 2.75) is 37.5 Å². The average molecular weight is 184 g/mol. The summed E-state index contributed by atoms with van der Waals surface area (Å²) in [5.74, 6) is 4.03. The Bertz CT molecular complexity index is 342. The van der Waals surface area contributed by atoms with Crippen LogP contribution in [0.5, 0.6) is 0 Å². The van der Waals surface area contributed by atoms with Crippen molar-refractivity contribution in [1.82, 2.24) is 0 Å². The Balaban J connectivity index is 1.93. The van der Waals surface area contributed by atoms with Crippen LogP contribution in [-0.4, -0.2) is 0 Å². The standard InChI is InChI=1S/C14H16/c1-2-4-10-9(3-1)11-5-6-12(10)14-8-7-13(11)14/h1-4,11-14H,5-8H2/t11-,12-,13+,14+/m0/s1. The van der Waals surface area contributed by atoms with Crippen molar-refractivity contribution >= 4 is 0 Å². The van der Waals surface area contributed by atoms with E-state index in [1.807, 2.05) is 0 Å². The molecule has 2 saturated carbocycles. The molecule has 0 spiro atoms. The lowest BCUT2D eigenvalue weighted by molar-refractivity contribution is 0.0497. The molecule has 1 aromatic rings. The van der Waals surface area contributed by atoms with Gasteiger partial charge < -0.3 is 0 Å². The van der Waals surface area contributed by atoms with Crippen LogP contribution < -0.4 is 0 Å². The van der Waals surface area contributed by atoms with Crippen molar-refractivity contribution in [2.75, 3.05) is 0 Å². The maximum atomic E-state index is 2.39. The fourth-order valence-electron chi connectivity index (χ4n) is 4.30. The maximum absolute atomic E-state index is 2.39. The molecule has 0 radical (unpaired) electrons. The number of hydrogen-bond donors (Lipinski definition) is 0. The third-order valence-corrected chi connectivity index (χ3v) is 5.00. The molecule has 0 amide bonds. The van der Waals surface area contributed by atoms with Crippen LogP contribution in [0.3, 0.4) is 0 Å². The van der Waals surface area contributed by atoms with Crippen molar-refractivity contribution in [3.8, 4) is 0 Å². The van der Waals surface area contributed by atoms with E-state index in [0.717, 1.165) is 23.7 Å². The molecule has 2 fully saturated rings. The van der Waals surface area contributed by atoms with Gasteiger partial charge in [0.25, 0.3) is 0 Å². The second kappa shape index (κ2) is 2.42. The smallest absolute Gasteiger partial charge is 0.0128 e. The lowest BCUT2D eigenvalue weighted by atomic mass is 9.49. The normalized spacial score (nSPS) is 42.6. The summed E-state index contributed by atoms with van der Waals surface area (Å²) in [5, 5.41) is 0. The van der Waals surface area contributed by atoms with Gasteiger partial charge in [0.15, 0.2) is 0 Å². The molecule has 0 heterocycles. The summed E-state index contributed by atoms with van der Waals surface area (Å²) in [6.45, 7) is 0. The number of fused-ring (bicyclic) bond motifs is 1. The molecular formula is C14H16. The Morgan fingerprint density at radius 1 is 0.714 bits per heavy atom. The number of rotatable bonds is 0. The molecule has 0 heteroatoms. The van der Waals surface area contributed by atoms with Crippen molar-refractivity contribution in [2.24, 2.45) is 11.8 Å². The molecule has 0 aromatic heterocycles. The van der Waals surface area contributed by atoms with E-state index in [4.69, 9.17) is 0 Å². The summed E-state index contributed by atoms with van der Waals surface area (Å²) >= 11 is 0. The fraction of sp³-hybridized carbons (Fsp3) is 0.571. The first kappa shape index (κ1) is 7.50. The highest BCUT2D eigenvalue weighted by Crippen LogP contribution is 2.62. The van der Waals surface area contributed by atoms with Gasteiger partial charge >= 0.3 is 0 Å². The van der Waals surface area contributed by atoms with Gasteiger partial charge in [0, 0.05) is 0 Å². The van der Waals surface area contributed by atoms with Crippen LogP contribution in [0, 0.1) is 11.8 Å². The zero-order chi connectivity index (χ0) is 9.12. The Morgan fingerprint density at radius 2 is 1.21 bits per heavy atom. The summed E-state index contributed by atoms with van der Waals surface area (Å²) in [5.41, 5.74) is 3.43. The molecule has 2 bridgehead atoms. The minimum atomic E-state index is 0.940. The van der Waals surface area contributed by atoms with Crippen LogP contribution in [0.25, 0.3) is 0 Å². The Kier molecular flexibility index (Phi) is 1.30. The largest absolute Gasteiger partial charge is 0.0620 e. The Hall–Kier alpha value is -0.780. The van der Waals surface area contributed by atoms with E-state index in [9.17, 15) is 0 Å². The van der Waals surface area contributed by atoms with Gasteiger partial charge in [-0.05, 0) is 60.5 Å². The second-order valence-electron chi connectivity index (χ2n) is 5.32. The molecule has 0 unspecified atom stereocenters. The predicted molar refractivity (Wildman–Crippen MR) is 57.4 cm³/mol. The maximum Gasteiger partial charge on any atom is -0.0128 e. The molecule has 0 nitrogen and oxygen atoms in total. The van der Waals surface area contributed by atoms with Gasteiger partial charge in [0.1, 0.15) is 0 Å². The van der Waals surface area contributed by atoms with Crippen LogP contribution >= 0.6 is 0 Å². The van der Waals surface area contributed by atoms with Crippen molar-refractivity contribution in [3.63, 3.8) is 0 Å². The molecule has 1 aromatic carbocycles. The highest BCUT2D eigenvalue weighted by atomic mass is 14.5. The van der Waals surface area contributed by atoms with Gasteiger partial charge in [0.05, 0.1) is 0 Å². The van der Waals surface area contributed by atoms with E-state index >= 15 is 0 Å². The van der Waals surface area contributed by atoms with Crippen LogP contribution in [0.2, 0.25) is 0 Å². The van der Waals surface area contributed by atoms with Crippen LogP contribution in [-0.2, 0) is 0 Å². The van der Waals surface area contributed by atoms with E-state index in [2.05, 4.69) is 24.3 Å². The summed E-state index contributed by atoms with van der Waals surface area (Å²) in [7, 11) is 0. The minimum Gasteiger partial charge on any atom is -0.0620 e. The first-order valence-electron chi connectivity index (χ1n) is 6.04. The lowest BCUT2D eigenvalue weighted by Crippen LogP contribution is -2.44. The number of hydrogen-bond acceptors (Lipinski definition) is 0. The van der Waals surface area contributed by atoms with Gasteiger partial charge in [-0.3, -0.25) is 0 Å². The summed E-state index contributed by atoms with van der Waals surface area (Å²) in [6.07, 6.45) is 5.98. The van der Waals surface area contributed by atoms with Crippen molar-refractivity contribution in [3.05, 3.63) is 35.4 Å². The molecule has 0 saturated heterocycles. The average Bonchev–Trinajstić information content (AvgIpc) is 2.19. The van der Waals surface area contributed by atoms with Gasteiger partial charge in [-0.2, -0.15) is 0 Å². The molecule has 4 aliphatic carbocycles. The third-order valence-electron chi connectivity index (χ3n) is 5.00. The van der Waals surface area contributed by atoms with E-state index in [-0.39, 0.29) is 0 Å². The first-order chi connectivity index (χ1) is 6.95. The molecular weight excluding hydrogens is 168 g/mol. The molecule has 72 valence electrons. The first-order valence-corrected chi connectivity index (χ1v) is 6.04. The molecule has 14 heavy (non-hydrogen) atoms. The quantitative estimate of drug-likeness (QED) is 0.577. The lowest BCUT2D eigenvalue weighted by Gasteiger charge is -2.56. The number of benzene rings is 1. The monoisotopic (exact) mass is 184 g/mol. The topological polar surface area (TPSA) is 0 Å².